The van der Waals surface area contributed by atoms with E-state index in [-0.39, 0.29) is 18.4 Å². The summed E-state index contributed by atoms with van der Waals surface area (Å²) in [5.74, 6) is 3.27. The Morgan fingerprint density at radius 1 is 1.48 bits per heavy atom. The highest BCUT2D eigenvalue weighted by Gasteiger charge is 2.25. The lowest BCUT2D eigenvalue weighted by molar-refractivity contribution is -0.121. The number of hydrogen-bond donors (Lipinski definition) is 0. The molecule has 5 nitrogen and oxygen atoms in total. The summed E-state index contributed by atoms with van der Waals surface area (Å²) in [6.07, 6.45) is 12.3. The maximum absolute atomic E-state index is 12.7. The van der Waals surface area contributed by atoms with E-state index in [2.05, 4.69) is 20.9 Å². The molecule has 1 amide bonds. The number of thiazole rings is 1. The molecule has 7 heteroatoms. The Morgan fingerprint density at radius 3 is 2.78 bits per heavy atom. The number of aromatic nitrogens is 3. The van der Waals surface area contributed by atoms with Crippen molar-refractivity contribution in [3.63, 3.8) is 0 Å². The number of rotatable bonds is 6. The number of carbonyl (C=O) groups excluding carboxylic acids is 1. The van der Waals surface area contributed by atoms with Crippen LogP contribution in [0.15, 0.2) is 18.7 Å². The zero-order valence-corrected chi connectivity index (χ0v) is 14.9. The maximum Gasteiger partial charge on any atom is 0.232 e. The molecule has 2 aromatic rings. The zero-order chi connectivity index (χ0) is 16.8. The summed E-state index contributed by atoms with van der Waals surface area (Å²) < 4.78 is 0. The fourth-order valence-electron chi connectivity index (χ4n) is 2.10. The molecule has 2 rings (SSSR count). The van der Waals surface area contributed by atoms with Crippen molar-refractivity contribution < 1.29 is 4.79 Å². The fraction of sp³-hybridized carbons (Fsp3) is 0.375. The predicted octanol–water partition coefficient (Wildman–Crippen LogP) is 2.87. The Balaban J connectivity index is 2.35. The first kappa shape index (κ1) is 17.4. The van der Waals surface area contributed by atoms with Crippen LogP contribution in [0.1, 0.15) is 12.6 Å². The number of hydrogen-bond acceptors (Lipinski definition) is 6. The summed E-state index contributed by atoms with van der Waals surface area (Å²) in [6.45, 7) is 4.05. The second kappa shape index (κ2) is 8.09. The molecule has 0 aliphatic rings. The summed E-state index contributed by atoms with van der Waals surface area (Å²) in [7, 11) is 0. The van der Waals surface area contributed by atoms with E-state index in [1.165, 1.54) is 17.7 Å². The van der Waals surface area contributed by atoms with Crippen molar-refractivity contribution in [2.24, 2.45) is 5.92 Å². The van der Waals surface area contributed by atoms with Gasteiger partial charge in [0.25, 0.3) is 0 Å². The molecule has 120 valence electrons. The molecule has 0 saturated carbocycles. The molecular weight excluding hydrogens is 328 g/mol. The van der Waals surface area contributed by atoms with Crippen LogP contribution in [-0.4, -0.2) is 39.4 Å². The standard InChI is InChI=1S/C16H18N4OS2/c1-5-6-20(15(21)11(2)9-22-4)16-12(3)19-14(23-16)13-7-17-10-18-8-13/h1,7-8,10-11H,6,9H2,2-4H3. The Labute approximate surface area is 144 Å². The molecule has 1 atom stereocenters. The second-order valence-corrected chi connectivity index (χ2v) is 6.91. The van der Waals surface area contributed by atoms with E-state index in [4.69, 9.17) is 6.42 Å². The summed E-state index contributed by atoms with van der Waals surface area (Å²) in [5.41, 5.74) is 1.62. The number of amides is 1. The van der Waals surface area contributed by atoms with Crippen LogP contribution in [-0.2, 0) is 4.79 Å². The largest absolute Gasteiger partial charge is 0.290 e. The van der Waals surface area contributed by atoms with E-state index in [9.17, 15) is 4.79 Å². The van der Waals surface area contributed by atoms with Crippen LogP contribution in [0.25, 0.3) is 10.6 Å². The highest BCUT2D eigenvalue weighted by atomic mass is 32.2. The van der Waals surface area contributed by atoms with Crippen molar-refractivity contribution in [3.05, 3.63) is 24.4 Å². The monoisotopic (exact) mass is 346 g/mol. The lowest BCUT2D eigenvalue weighted by atomic mass is 10.2. The third-order valence-corrected chi connectivity index (χ3v) is 5.24. The predicted molar refractivity (Wildman–Crippen MR) is 96.6 cm³/mol. The van der Waals surface area contributed by atoms with Gasteiger partial charge in [-0.3, -0.25) is 9.69 Å². The van der Waals surface area contributed by atoms with Crippen molar-refractivity contribution in [1.29, 1.82) is 0 Å². The third-order valence-electron chi connectivity index (χ3n) is 3.18. The van der Waals surface area contributed by atoms with Gasteiger partial charge in [-0.15, -0.1) is 6.42 Å². The average Bonchev–Trinajstić information content (AvgIpc) is 2.94. The minimum atomic E-state index is -0.0941. The molecule has 0 aliphatic heterocycles. The van der Waals surface area contributed by atoms with Crippen LogP contribution >= 0.6 is 23.1 Å². The highest BCUT2D eigenvalue weighted by Crippen LogP contribution is 2.34. The SMILES string of the molecule is C#CCN(C(=O)C(C)CSC)c1sc(-c2cncnc2)nc1C. The Kier molecular flexibility index (Phi) is 6.13. The van der Waals surface area contributed by atoms with E-state index in [0.29, 0.717) is 0 Å². The molecule has 2 heterocycles. The molecule has 23 heavy (non-hydrogen) atoms. The zero-order valence-electron chi connectivity index (χ0n) is 13.3. The smallest absolute Gasteiger partial charge is 0.232 e. The van der Waals surface area contributed by atoms with Crippen LogP contribution in [0.4, 0.5) is 5.00 Å². The second-order valence-electron chi connectivity index (χ2n) is 5.02. The lowest BCUT2D eigenvalue weighted by Crippen LogP contribution is -2.36. The van der Waals surface area contributed by atoms with Gasteiger partial charge >= 0.3 is 0 Å². The van der Waals surface area contributed by atoms with Crippen molar-refractivity contribution in [2.45, 2.75) is 13.8 Å². The summed E-state index contributed by atoms with van der Waals surface area (Å²) in [5, 5.41) is 1.57. The van der Waals surface area contributed by atoms with Crippen molar-refractivity contribution in [2.75, 3.05) is 23.5 Å². The first-order valence-corrected chi connectivity index (χ1v) is 9.26. The van der Waals surface area contributed by atoms with Crippen LogP contribution < -0.4 is 4.90 Å². The molecule has 0 bridgehead atoms. The molecule has 0 aliphatic carbocycles. The van der Waals surface area contributed by atoms with Gasteiger partial charge in [0.05, 0.1) is 12.2 Å². The van der Waals surface area contributed by atoms with E-state index in [0.717, 1.165) is 27.0 Å². The van der Waals surface area contributed by atoms with Gasteiger partial charge in [0.2, 0.25) is 5.91 Å². The summed E-state index contributed by atoms with van der Waals surface area (Å²) in [6, 6.07) is 0. The van der Waals surface area contributed by atoms with E-state index in [1.54, 1.807) is 29.1 Å². The Morgan fingerprint density at radius 2 is 2.17 bits per heavy atom. The molecule has 0 aromatic carbocycles. The Bertz CT molecular complexity index is 709. The van der Waals surface area contributed by atoms with Crippen LogP contribution in [0, 0.1) is 25.2 Å². The average molecular weight is 346 g/mol. The van der Waals surface area contributed by atoms with Crippen LogP contribution in [0.2, 0.25) is 0 Å². The maximum atomic E-state index is 12.7. The van der Waals surface area contributed by atoms with Gasteiger partial charge in [-0.25, -0.2) is 15.0 Å². The normalized spacial score (nSPS) is 11.7. The number of anilines is 1. The minimum Gasteiger partial charge on any atom is -0.290 e. The molecule has 0 fully saturated rings. The van der Waals surface area contributed by atoms with E-state index in [1.807, 2.05) is 20.1 Å². The van der Waals surface area contributed by atoms with Gasteiger partial charge in [-0.05, 0) is 13.2 Å². The van der Waals surface area contributed by atoms with Gasteiger partial charge < -0.3 is 0 Å². The van der Waals surface area contributed by atoms with Gasteiger partial charge in [0.1, 0.15) is 16.3 Å². The van der Waals surface area contributed by atoms with Crippen molar-refractivity contribution in [1.82, 2.24) is 15.0 Å². The number of aryl methyl sites for hydroxylation is 1. The lowest BCUT2D eigenvalue weighted by Gasteiger charge is -2.22. The molecule has 0 saturated heterocycles. The molecule has 0 spiro atoms. The molecule has 0 radical (unpaired) electrons. The summed E-state index contributed by atoms with van der Waals surface area (Å²) in [4.78, 5) is 26.9. The third kappa shape index (κ3) is 4.09. The van der Waals surface area contributed by atoms with E-state index < -0.39 is 0 Å². The minimum absolute atomic E-state index is 0.0277. The number of nitrogens with zero attached hydrogens (tertiary/aromatic N) is 4. The van der Waals surface area contributed by atoms with Crippen molar-refractivity contribution >= 4 is 34.0 Å². The number of terminal acetylenes is 1. The molecule has 0 N–H and O–H groups in total. The summed E-state index contributed by atoms with van der Waals surface area (Å²) >= 11 is 3.08. The fourth-order valence-corrected chi connectivity index (χ4v) is 3.79. The topological polar surface area (TPSA) is 59.0 Å². The molecule has 2 aromatic heterocycles. The van der Waals surface area contributed by atoms with Gasteiger partial charge in [-0.1, -0.05) is 24.2 Å². The van der Waals surface area contributed by atoms with Crippen LogP contribution in [0.3, 0.4) is 0 Å². The highest BCUT2D eigenvalue weighted by molar-refractivity contribution is 7.98. The quantitative estimate of drug-likeness (QED) is 0.753. The van der Waals surface area contributed by atoms with Gasteiger partial charge in [0.15, 0.2) is 0 Å². The van der Waals surface area contributed by atoms with Crippen LogP contribution in [0.5, 0.6) is 0 Å². The van der Waals surface area contributed by atoms with Gasteiger partial charge in [-0.2, -0.15) is 11.8 Å². The van der Waals surface area contributed by atoms with E-state index >= 15 is 0 Å². The van der Waals surface area contributed by atoms with Crippen molar-refractivity contribution in [3.8, 4) is 22.9 Å². The van der Waals surface area contributed by atoms with Gasteiger partial charge in [0, 0.05) is 29.6 Å². The molecule has 1 unspecified atom stereocenters. The Hall–Kier alpha value is -1.91. The molecular formula is C16H18N4OS2. The first-order valence-electron chi connectivity index (χ1n) is 7.05. The first-order chi connectivity index (χ1) is 11.1. The number of thioether (sulfide) groups is 1. The number of carbonyl (C=O) groups is 1.